The van der Waals surface area contributed by atoms with Crippen LogP contribution in [0, 0.1) is 0 Å². The zero-order chi connectivity index (χ0) is 31.7. The van der Waals surface area contributed by atoms with E-state index in [0.29, 0.717) is 0 Å². The average molecular weight is 711 g/mol. The molecule has 6 heteroatoms. The Morgan fingerprint density at radius 1 is 0.326 bits per heavy atom. The molecule has 0 aliphatic heterocycles. The molecule has 6 heterocycles. The fraction of sp³-hybridized carbons (Fsp3) is 0.300. The second-order valence-corrected chi connectivity index (χ2v) is 18.5. The number of hydrogen-bond donors (Lipinski definition) is 0. The molecule has 0 N–H and O–H groups in total. The highest BCUT2D eigenvalue weighted by atomic mass is 32.1. The molecule has 6 aromatic heterocycles. The van der Waals surface area contributed by atoms with Gasteiger partial charge in [0.2, 0.25) is 0 Å². The lowest BCUT2D eigenvalue weighted by Crippen LogP contribution is -1.91. The van der Waals surface area contributed by atoms with Gasteiger partial charge in [-0.1, -0.05) is 41.5 Å². The molecule has 0 nitrogen and oxygen atoms in total. The smallest absolute Gasteiger partial charge is 0.0455 e. The highest BCUT2D eigenvalue weighted by Crippen LogP contribution is 2.49. The van der Waals surface area contributed by atoms with Crippen LogP contribution in [-0.2, 0) is 38.5 Å². The van der Waals surface area contributed by atoms with Crippen LogP contribution in [0.15, 0.2) is 48.5 Å². The van der Waals surface area contributed by atoms with Crippen LogP contribution in [0.1, 0.15) is 73.6 Å². The molecule has 0 aliphatic carbocycles. The minimum Gasteiger partial charge on any atom is -0.140 e. The summed E-state index contributed by atoms with van der Waals surface area (Å²) in [6.45, 7) is 13.9. The van der Waals surface area contributed by atoms with Gasteiger partial charge in [0.25, 0.3) is 0 Å². The van der Waals surface area contributed by atoms with Crippen molar-refractivity contribution in [2.45, 2.75) is 80.1 Å². The molecule has 0 bridgehead atoms. The van der Waals surface area contributed by atoms with Gasteiger partial charge in [0.05, 0.1) is 0 Å². The molecule has 8 aromatic rings. The van der Waals surface area contributed by atoms with Crippen molar-refractivity contribution in [1.29, 1.82) is 0 Å². The molecular formula is C40H38S6. The number of benzene rings is 2. The minimum atomic E-state index is 1.09. The summed E-state index contributed by atoms with van der Waals surface area (Å²) in [5.41, 5.74) is 6.28. The van der Waals surface area contributed by atoms with Crippen LogP contribution in [0.5, 0.6) is 0 Å². The van der Waals surface area contributed by atoms with Gasteiger partial charge in [-0.3, -0.25) is 0 Å². The van der Waals surface area contributed by atoms with Crippen molar-refractivity contribution in [2.75, 3.05) is 0 Å². The van der Waals surface area contributed by atoms with Crippen molar-refractivity contribution >= 4 is 108 Å². The highest BCUT2D eigenvalue weighted by molar-refractivity contribution is 7.31. The maximum absolute atomic E-state index is 2.49. The zero-order valence-electron chi connectivity index (χ0n) is 27.3. The van der Waals surface area contributed by atoms with Crippen molar-refractivity contribution < 1.29 is 0 Å². The first kappa shape index (κ1) is 31.0. The van der Waals surface area contributed by atoms with Gasteiger partial charge < -0.3 is 0 Å². The van der Waals surface area contributed by atoms with Crippen LogP contribution in [0.2, 0.25) is 0 Å². The van der Waals surface area contributed by atoms with E-state index in [1.807, 2.05) is 68.0 Å². The van der Waals surface area contributed by atoms with Crippen LogP contribution in [0.4, 0.5) is 0 Å². The van der Waals surface area contributed by atoms with Crippen LogP contribution >= 0.6 is 68.0 Å². The molecule has 0 radical (unpaired) electrons. The van der Waals surface area contributed by atoms with Crippen LogP contribution in [0.25, 0.3) is 69.6 Å². The Morgan fingerprint density at radius 3 is 0.957 bits per heavy atom. The zero-order valence-corrected chi connectivity index (χ0v) is 32.2. The maximum Gasteiger partial charge on any atom is 0.0455 e. The summed E-state index contributed by atoms with van der Waals surface area (Å²) in [5, 5.41) is 5.86. The predicted octanol–water partition coefficient (Wildman–Crippen LogP) is 15.0. The summed E-state index contributed by atoms with van der Waals surface area (Å²) >= 11 is 12.0. The van der Waals surface area contributed by atoms with Gasteiger partial charge in [0.15, 0.2) is 0 Å². The van der Waals surface area contributed by atoms with Gasteiger partial charge in [-0.05, 0) is 109 Å². The summed E-state index contributed by atoms with van der Waals surface area (Å²) in [5.74, 6) is 0. The lowest BCUT2D eigenvalue weighted by Gasteiger charge is -2.09. The van der Waals surface area contributed by atoms with E-state index in [0.717, 1.165) is 38.5 Å². The number of aryl methyl sites for hydroxylation is 6. The van der Waals surface area contributed by atoms with Crippen LogP contribution in [0.3, 0.4) is 0 Å². The first-order valence-corrected chi connectivity index (χ1v) is 21.6. The SMILES string of the molecule is CCc1cc2c(s1)c(CC)c(CC)c1sc(-c3ccc(-c4ccc(-c5cc6c(s5)c(CC)c(CC)c5sc(CC)cc56)s4)s3)cc12. The maximum atomic E-state index is 2.49. The van der Waals surface area contributed by atoms with E-state index in [-0.39, 0.29) is 0 Å². The summed E-state index contributed by atoms with van der Waals surface area (Å²) in [6, 6.07) is 19.3. The molecule has 0 saturated carbocycles. The molecule has 0 saturated heterocycles. The number of rotatable bonds is 9. The van der Waals surface area contributed by atoms with E-state index in [1.54, 1.807) is 22.3 Å². The summed E-state index contributed by atoms with van der Waals surface area (Å²) in [6.07, 6.45) is 6.62. The van der Waals surface area contributed by atoms with Gasteiger partial charge in [-0.2, -0.15) is 0 Å². The minimum absolute atomic E-state index is 1.09. The van der Waals surface area contributed by atoms with E-state index in [1.165, 1.54) is 79.4 Å². The number of thiophene rings is 6. The van der Waals surface area contributed by atoms with E-state index in [2.05, 4.69) is 90.1 Å². The quantitative estimate of drug-likeness (QED) is 0.140. The first-order valence-electron chi connectivity index (χ1n) is 16.7. The van der Waals surface area contributed by atoms with Gasteiger partial charge >= 0.3 is 0 Å². The number of fused-ring (bicyclic) bond motifs is 6. The van der Waals surface area contributed by atoms with Gasteiger partial charge in [0, 0.05) is 79.4 Å². The van der Waals surface area contributed by atoms with Crippen LogP contribution < -0.4 is 0 Å². The fourth-order valence-electron chi connectivity index (χ4n) is 7.20. The molecule has 8 rings (SSSR count). The molecule has 0 atom stereocenters. The summed E-state index contributed by atoms with van der Waals surface area (Å²) in [4.78, 5) is 11.3. The monoisotopic (exact) mass is 710 g/mol. The van der Waals surface area contributed by atoms with Crippen molar-refractivity contribution in [1.82, 2.24) is 0 Å². The Bertz CT molecular complexity index is 2220. The predicted molar refractivity (Wildman–Crippen MR) is 216 cm³/mol. The summed E-state index contributed by atoms with van der Waals surface area (Å²) < 4.78 is 6.05. The van der Waals surface area contributed by atoms with Crippen molar-refractivity contribution in [3.63, 3.8) is 0 Å². The number of hydrogen-bond acceptors (Lipinski definition) is 6. The van der Waals surface area contributed by atoms with Crippen molar-refractivity contribution in [3.05, 3.63) is 80.5 Å². The second kappa shape index (κ2) is 12.3. The highest BCUT2D eigenvalue weighted by Gasteiger charge is 2.21. The third-order valence-corrected chi connectivity index (χ3v) is 17.3. The van der Waals surface area contributed by atoms with Gasteiger partial charge in [-0.25, -0.2) is 0 Å². The Hall–Kier alpha value is -2.32. The van der Waals surface area contributed by atoms with E-state index < -0.39 is 0 Å². The summed E-state index contributed by atoms with van der Waals surface area (Å²) in [7, 11) is 0. The molecule has 234 valence electrons. The Morgan fingerprint density at radius 2 is 0.630 bits per heavy atom. The van der Waals surface area contributed by atoms with Crippen molar-refractivity contribution in [3.8, 4) is 29.3 Å². The Labute approximate surface area is 296 Å². The second-order valence-electron chi connectivity index (χ2n) is 12.0. The first-order chi connectivity index (χ1) is 22.5. The Kier molecular flexibility index (Phi) is 8.27. The molecule has 0 spiro atoms. The fourth-order valence-corrected chi connectivity index (χ4v) is 14.6. The van der Waals surface area contributed by atoms with Crippen molar-refractivity contribution in [2.24, 2.45) is 0 Å². The van der Waals surface area contributed by atoms with E-state index >= 15 is 0 Å². The molecule has 0 unspecified atom stereocenters. The molecule has 0 amide bonds. The van der Waals surface area contributed by atoms with Crippen LogP contribution in [-0.4, -0.2) is 0 Å². The van der Waals surface area contributed by atoms with E-state index in [4.69, 9.17) is 0 Å². The molecule has 0 aliphatic rings. The lowest BCUT2D eigenvalue weighted by atomic mass is 9.98. The van der Waals surface area contributed by atoms with Gasteiger partial charge in [0.1, 0.15) is 0 Å². The largest absolute Gasteiger partial charge is 0.140 e. The standard InChI is InChI=1S/C40H38S6/c1-7-21-17-27-29-19-35(45-39(29)25(11-5)23(9-3)37(27)41-21)33-15-13-31(43-33)32-14-16-34(44-32)36-20-30-28-18-22(8-2)42-38(28)24(10-4)26(12-6)40(30)46-36/h13-20H,7-12H2,1-6H3. The lowest BCUT2D eigenvalue weighted by molar-refractivity contribution is 1.07. The topological polar surface area (TPSA) is 0 Å². The average Bonchev–Trinajstić information content (AvgIpc) is 3.91. The third-order valence-electron chi connectivity index (χ3n) is 9.49. The normalized spacial score (nSPS) is 12.2. The van der Waals surface area contributed by atoms with E-state index in [9.17, 15) is 0 Å². The molecule has 46 heavy (non-hydrogen) atoms. The Balaban J connectivity index is 1.18. The third kappa shape index (κ3) is 4.82. The molecule has 2 aromatic carbocycles. The molecular weight excluding hydrogens is 673 g/mol. The van der Waals surface area contributed by atoms with Gasteiger partial charge in [-0.15, -0.1) is 68.0 Å². The molecule has 0 fully saturated rings.